The summed E-state index contributed by atoms with van der Waals surface area (Å²) >= 11 is 3.27. The highest BCUT2D eigenvalue weighted by Gasteiger charge is 2.03. The van der Waals surface area contributed by atoms with Crippen molar-refractivity contribution in [3.05, 3.63) is 22.3 Å². The minimum absolute atomic E-state index is 0.315. The quantitative estimate of drug-likeness (QED) is 0.775. The average molecular weight is 227 g/mol. The summed E-state index contributed by atoms with van der Waals surface area (Å²) in [5, 5.41) is 8.48. The van der Waals surface area contributed by atoms with E-state index in [1.54, 1.807) is 6.20 Å². The molecule has 0 aliphatic heterocycles. The predicted octanol–water partition coefficient (Wildman–Crippen LogP) is 1.92. The molecule has 0 aliphatic rings. The molecule has 0 fully saturated rings. The van der Waals surface area contributed by atoms with Gasteiger partial charge in [0, 0.05) is 16.2 Å². The van der Waals surface area contributed by atoms with Gasteiger partial charge in [-0.2, -0.15) is 5.26 Å². The lowest BCUT2D eigenvalue weighted by molar-refractivity contribution is 0.393. The Labute approximate surface area is 79.1 Å². The Morgan fingerprint density at radius 3 is 3.08 bits per heavy atom. The van der Waals surface area contributed by atoms with Gasteiger partial charge in [-0.05, 0) is 22.0 Å². The Morgan fingerprint density at radius 2 is 2.50 bits per heavy atom. The number of pyridine rings is 1. The lowest BCUT2D eigenvalue weighted by atomic mass is 10.2. The summed E-state index contributed by atoms with van der Waals surface area (Å²) < 4.78 is 5.82. The van der Waals surface area contributed by atoms with Crippen molar-refractivity contribution < 1.29 is 4.74 Å². The first-order chi connectivity index (χ1) is 5.77. The average Bonchev–Trinajstić information content (AvgIpc) is 2.05. The molecule has 0 N–H and O–H groups in total. The number of nitrogens with zero attached hydrogens (tertiary/aromatic N) is 2. The van der Waals surface area contributed by atoms with Crippen LogP contribution in [0.2, 0.25) is 0 Å². The number of methoxy groups -OCH3 is 1. The van der Waals surface area contributed by atoms with Crippen LogP contribution < -0.4 is 4.74 Å². The van der Waals surface area contributed by atoms with E-state index >= 15 is 0 Å². The van der Waals surface area contributed by atoms with Crippen LogP contribution in [0.5, 0.6) is 5.88 Å². The van der Waals surface area contributed by atoms with Crippen molar-refractivity contribution in [1.82, 2.24) is 4.98 Å². The van der Waals surface area contributed by atoms with Crippen LogP contribution >= 0.6 is 15.9 Å². The second-order valence-corrected chi connectivity index (χ2v) is 3.07. The van der Waals surface area contributed by atoms with Crippen LogP contribution in [0.3, 0.4) is 0 Å². The van der Waals surface area contributed by atoms with Crippen molar-refractivity contribution in [2.75, 3.05) is 7.11 Å². The SMILES string of the molecule is COc1ncc(Br)cc1CC#N. The number of aromatic nitrogens is 1. The molecular formula is C8H7BrN2O. The molecule has 0 aliphatic carbocycles. The predicted molar refractivity (Wildman–Crippen MR) is 47.8 cm³/mol. The second kappa shape index (κ2) is 4.07. The molecule has 0 bridgehead atoms. The molecule has 0 amide bonds. The van der Waals surface area contributed by atoms with Gasteiger partial charge in [-0.1, -0.05) is 0 Å². The lowest BCUT2D eigenvalue weighted by Gasteiger charge is -2.03. The van der Waals surface area contributed by atoms with E-state index in [1.807, 2.05) is 12.1 Å². The van der Waals surface area contributed by atoms with Gasteiger partial charge in [0.2, 0.25) is 5.88 Å². The smallest absolute Gasteiger partial charge is 0.217 e. The maximum atomic E-state index is 8.48. The van der Waals surface area contributed by atoms with Crippen LogP contribution in [-0.2, 0) is 6.42 Å². The van der Waals surface area contributed by atoms with Crippen LogP contribution in [0.25, 0.3) is 0 Å². The monoisotopic (exact) mass is 226 g/mol. The van der Waals surface area contributed by atoms with Crippen molar-refractivity contribution in [2.24, 2.45) is 0 Å². The Morgan fingerprint density at radius 1 is 1.75 bits per heavy atom. The van der Waals surface area contributed by atoms with Gasteiger partial charge in [0.1, 0.15) is 0 Å². The highest BCUT2D eigenvalue weighted by Crippen LogP contribution is 2.19. The summed E-state index contributed by atoms with van der Waals surface area (Å²) in [6.45, 7) is 0. The molecule has 3 nitrogen and oxygen atoms in total. The normalized spacial score (nSPS) is 9.08. The number of nitriles is 1. The highest BCUT2D eigenvalue weighted by molar-refractivity contribution is 9.10. The molecule has 0 aromatic carbocycles. The van der Waals surface area contributed by atoms with E-state index in [0.717, 1.165) is 10.0 Å². The molecule has 1 heterocycles. The van der Waals surface area contributed by atoms with Gasteiger partial charge >= 0.3 is 0 Å². The van der Waals surface area contributed by atoms with Crippen LogP contribution in [-0.4, -0.2) is 12.1 Å². The first-order valence-electron chi connectivity index (χ1n) is 3.33. The van der Waals surface area contributed by atoms with E-state index in [0.29, 0.717) is 12.3 Å². The summed E-state index contributed by atoms with van der Waals surface area (Å²) in [6, 6.07) is 3.87. The first kappa shape index (κ1) is 9.01. The van der Waals surface area contributed by atoms with Crippen LogP contribution in [0.15, 0.2) is 16.7 Å². The van der Waals surface area contributed by atoms with E-state index in [4.69, 9.17) is 10.00 Å². The summed E-state index contributed by atoms with van der Waals surface area (Å²) in [5.41, 5.74) is 0.800. The van der Waals surface area contributed by atoms with Crippen molar-refractivity contribution in [3.63, 3.8) is 0 Å². The largest absolute Gasteiger partial charge is 0.481 e. The molecule has 0 spiro atoms. The third-order valence-corrected chi connectivity index (χ3v) is 1.79. The van der Waals surface area contributed by atoms with Crippen LogP contribution in [0.1, 0.15) is 5.56 Å². The second-order valence-electron chi connectivity index (χ2n) is 2.16. The number of hydrogen-bond acceptors (Lipinski definition) is 3. The Balaban J connectivity index is 3.05. The molecule has 62 valence electrons. The Kier molecular flexibility index (Phi) is 3.06. The third kappa shape index (κ3) is 1.95. The van der Waals surface area contributed by atoms with Gasteiger partial charge in [0.15, 0.2) is 0 Å². The molecule has 0 saturated heterocycles. The van der Waals surface area contributed by atoms with Gasteiger partial charge in [-0.25, -0.2) is 4.98 Å². The van der Waals surface area contributed by atoms with E-state index in [-0.39, 0.29) is 0 Å². The molecule has 12 heavy (non-hydrogen) atoms. The summed E-state index contributed by atoms with van der Waals surface area (Å²) in [7, 11) is 1.54. The molecule has 0 atom stereocenters. The zero-order valence-electron chi connectivity index (χ0n) is 6.54. The van der Waals surface area contributed by atoms with E-state index in [2.05, 4.69) is 20.9 Å². The van der Waals surface area contributed by atoms with Gasteiger partial charge in [0.05, 0.1) is 19.6 Å². The van der Waals surface area contributed by atoms with E-state index in [9.17, 15) is 0 Å². The number of rotatable bonds is 2. The fourth-order valence-electron chi connectivity index (χ4n) is 0.864. The molecule has 1 rings (SSSR count). The first-order valence-corrected chi connectivity index (χ1v) is 4.12. The molecule has 1 aromatic heterocycles. The fourth-order valence-corrected chi connectivity index (χ4v) is 1.24. The summed E-state index contributed by atoms with van der Waals surface area (Å²) in [6.07, 6.45) is 1.95. The number of ether oxygens (including phenoxy) is 1. The summed E-state index contributed by atoms with van der Waals surface area (Å²) in [5.74, 6) is 0.514. The zero-order chi connectivity index (χ0) is 8.97. The van der Waals surface area contributed by atoms with Crippen molar-refractivity contribution in [3.8, 4) is 11.9 Å². The zero-order valence-corrected chi connectivity index (χ0v) is 8.13. The van der Waals surface area contributed by atoms with Crippen LogP contribution in [0.4, 0.5) is 0 Å². The molecular weight excluding hydrogens is 220 g/mol. The van der Waals surface area contributed by atoms with Gasteiger partial charge in [-0.15, -0.1) is 0 Å². The Bertz CT molecular complexity index is 319. The molecule has 4 heteroatoms. The number of halogens is 1. The van der Waals surface area contributed by atoms with Crippen molar-refractivity contribution in [2.45, 2.75) is 6.42 Å². The van der Waals surface area contributed by atoms with Gasteiger partial charge in [0.25, 0.3) is 0 Å². The lowest BCUT2D eigenvalue weighted by Crippen LogP contribution is -1.93. The fraction of sp³-hybridized carbons (Fsp3) is 0.250. The Hall–Kier alpha value is -1.08. The minimum atomic E-state index is 0.315. The van der Waals surface area contributed by atoms with Crippen LogP contribution in [0, 0.1) is 11.3 Å². The van der Waals surface area contributed by atoms with E-state index < -0.39 is 0 Å². The maximum Gasteiger partial charge on any atom is 0.217 e. The summed E-state index contributed by atoms with van der Waals surface area (Å²) in [4.78, 5) is 4.00. The highest BCUT2D eigenvalue weighted by atomic mass is 79.9. The van der Waals surface area contributed by atoms with Gasteiger partial charge < -0.3 is 4.74 Å². The van der Waals surface area contributed by atoms with Crippen molar-refractivity contribution in [1.29, 1.82) is 5.26 Å². The third-order valence-electron chi connectivity index (χ3n) is 1.35. The standard InChI is InChI=1S/C8H7BrN2O/c1-12-8-6(2-3-10)4-7(9)5-11-8/h4-5H,2H2,1H3. The number of hydrogen-bond donors (Lipinski definition) is 0. The molecule has 0 saturated carbocycles. The molecule has 1 aromatic rings. The molecule has 0 radical (unpaired) electrons. The molecule has 0 unspecified atom stereocenters. The minimum Gasteiger partial charge on any atom is -0.481 e. The van der Waals surface area contributed by atoms with Crippen molar-refractivity contribution >= 4 is 15.9 Å². The van der Waals surface area contributed by atoms with E-state index in [1.165, 1.54) is 7.11 Å². The topological polar surface area (TPSA) is 45.9 Å². The van der Waals surface area contributed by atoms with Gasteiger partial charge in [-0.3, -0.25) is 0 Å². The maximum absolute atomic E-state index is 8.48.